The first-order valence-electron chi connectivity index (χ1n) is 6.21. The van der Waals surface area contributed by atoms with Gasteiger partial charge in [-0.05, 0) is 36.1 Å². The molecule has 5 nitrogen and oxygen atoms in total. The molecule has 0 aliphatic heterocycles. The Labute approximate surface area is 127 Å². The number of nitrogens with zero attached hydrogens (tertiary/aromatic N) is 1. The molecule has 110 valence electrons. The number of nitrogens with one attached hydrogen (secondary N) is 1. The fraction of sp³-hybridized carbons (Fsp3) is 0.200. The summed E-state index contributed by atoms with van der Waals surface area (Å²) in [6, 6.07) is 7.00. The number of thioether (sulfide) groups is 1. The largest absolute Gasteiger partial charge is 0.493 e. The summed E-state index contributed by atoms with van der Waals surface area (Å²) in [5.74, 6) is 1.41. The van der Waals surface area contributed by atoms with E-state index < -0.39 is 0 Å². The highest BCUT2D eigenvalue weighted by Gasteiger charge is 2.10. The molecule has 1 N–H and O–H groups in total. The molecule has 6 heteroatoms. The predicted molar refractivity (Wildman–Crippen MR) is 85.1 cm³/mol. The standard InChI is InChI=1S/C15H16N2O3S/c1-19-12-8-10(9-13(21-3)15(12)20-2)4-5-11-6-7-14(18)17-16-11/h4-9H,1-3H3,(H,17,18). The molecular weight excluding hydrogens is 288 g/mol. The maximum Gasteiger partial charge on any atom is 0.264 e. The Balaban J connectivity index is 2.35. The van der Waals surface area contributed by atoms with Crippen molar-refractivity contribution in [3.05, 3.63) is 45.9 Å². The molecule has 1 aromatic carbocycles. The molecule has 0 bridgehead atoms. The van der Waals surface area contributed by atoms with Gasteiger partial charge in [0.15, 0.2) is 11.5 Å². The first kappa shape index (κ1) is 15.2. The number of aromatic amines is 1. The lowest BCUT2D eigenvalue weighted by Gasteiger charge is -2.12. The van der Waals surface area contributed by atoms with Gasteiger partial charge >= 0.3 is 0 Å². The minimum Gasteiger partial charge on any atom is -0.493 e. The number of hydrogen-bond donors (Lipinski definition) is 1. The van der Waals surface area contributed by atoms with Crippen LogP contribution in [0.3, 0.4) is 0 Å². The molecule has 0 aliphatic rings. The van der Waals surface area contributed by atoms with Crippen molar-refractivity contribution >= 4 is 23.9 Å². The van der Waals surface area contributed by atoms with E-state index >= 15 is 0 Å². The second-order valence-electron chi connectivity index (χ2n) is 4.14. The second-order valence-corrected chi connectivity index (χ2v) is 4.99. The summed E-state index contributed by atoms with van der Waals surface area (Å²) in [6.07, 6.45) is 5.71. The van der Waals surface area contributed by atoms with Gasteiger partial charge in [-0.15, -0.1) is 11.8 Å². The number of H-pyrrole nitrogens is 1. The normalized spacial score (nSPS) is 10.8. The molecule has 1 aromatic heterocycles. The van der Waals surface area contributed by atoms with Crippen molar-refractivity contribution in [3.8, 4) is 11.5 Å². The number of ether oxygens (including phenoxy) is 2. The fourth-order valence-electron chi connectivity index (χ4n) is 1.83. The minimum absolute atomic E-state index is 0.220. The molecular formula is C15H16N2O3S. The van der Waals surface area contributed by atoms with Crippen molar-refractivity contribution < 1.29 is 9.47 Å². The van der Waals surface area contributed by atoms with Crippen LogP contribution in [0.4, 0.5) is 0 Å². The molecule has 0 aliphatic carbocycles. The van der Waals surface area contributed by atoms with Crippen molar-refractivity contribution in [3.63, 3.8) is 0 Å². The molecule has 0 fully saturated rings. The van der Waals surface area contributed by atoms with Crippen LogP contribution in [0.25, 0.3) is 12.2 Å². The van der Waals surface area contributed by atoms with Gasteiger partial charge in [-0.1, -0.05) is 6.08 Å². The number of aromatic nitrogens is 2. The zero-order valence-corrected chi connectivity index (χ0v) is 12.9. The summed E-state index contributed by atoms with van der Waals surface area (Å²) >= 11 is 1.59. The lowest BCUT2D eigenvalue weighted by atomic mass is 10.1. The average molecular weight is 304 g/mol. The van der Waals surface area contributed by atoms with E-state index in [2.05, 4.69) is 10.2 Å². The molecule has 21 heavy (non-hydrogen) atoms. The maximum absolute atomic E-state index is 11.0. The van der Waals surface area contributed by atoms with Gasteiger partial charge in [-0.2, -0.15) is 5.10 Å². The van der Waals surface area contributed by atoms with Crippen molar-refractivity contribution in [1.29, 1.82) is 0 Å². The molecule has 0 radical (unpaired) electrons. The number of methoxy groups -OCH3 is 2. The zero-order chi connectivity index (χ0) is 15.2. The highest BCUT2D eigenvalue weighted by molar-refractivity contribution is 7.98. The molecule has 1 heterocycles. The summed E-state index contributed by atoms with van der Waals surface area (Å²) in [4.78, 5) is 11.9. The SMILES string of the molecule is COc1cc(C=Cc2ccc(=O)[nH]n2)cc(SC)c1OC. The van der Waals surface area contributed by atoms with Gasteiger partial charge in [-0.3, -0.25) is 4.79 Å². The highest BCUT2D eigenvalue weighted by atomic mass is 32.2. The number of hydrogen-bond acceptors (Lipinski definition) is 5. The lowest BCUT2D eigenvalue weighted by Crippen LogP contribution is -2.05. The van der Waals surface area contributed by atoms with Crippen molar-refractivity contribution in [2.24, 2.45) is 0 Å². The van der Waals surface area contributed by atoms with Crippen molar-refractivity contribution in [2.45, 2.75) is 4.90 Å². The van der Waals surface area contributed by atoms with E-state index in [9.17, 15) is 4.79 Å². The smallest absolute Gasteiger partial charge is 0.264 e. The Morgan fingerprint density at radius 1 is 1.19 bits per heavy atom. The quantitative estimate of drug-likeness (QED) is 0.860. The summed E-state index contributed by atoms with van der Waals surface area (Å²) in [5.41, 5.74) is 1.42. The number of benzene rings is 1. The third-order valence-electron chi connectivity index (χ3n) is 2.83. The van der Waals surface area contributed by atoms with Gasteiger partial charge < -0.3 is 9.47 Å². The van der Waals surface area contributed by atoms with E-state index in [1.807, 2.05) is 30.5 Å². The molecule has 0 atom stereocenters. The molecule has 2 rings (SSSR count). The van der Waals surface area contributed by atoms with Crippen LogP contribution in [-0.4, -0.2) is 30.7 Å². The van der Waals surface area contributed by atoms with Crippen LogP contribution in [0.5, 0.6) is 11.5 Å². The Morgan fingerprint density at radius 2 is 2.00 bits per heavy atom. The number of rotatable bonds is 5. The highest BCUT2D eigenvalue weighted by Crippen LogP contribution is 2.38. The maximum atomic E-state index is 11.0. The van der Waals surface area contributed by atoms with Crippen LogP contribution in [0.2, 0.25) is 0 Å². The van der Waals surface area contributed by atoms with E-state index in [1.54, 1.807) is 32.0 Å². The van der Waals surface area contributed by atoms with Gasteiger partial charge in [0.2, 0.25) is 0 Å². The van der Waals surface area contributed by atoms with Crippen molar-refractivity contribution in [2.75, 3.05) is 20.5 Å². The van der Waals surface area contributed by atoms with Crippen LogP contribution in [-0.2, 0) is 0 Å². The van der Waals surface area contributed by atoms with Gasteiger partial charge in [0.05, 0.1) is 24.8 Å². The van der Waals surface area contributed by atoms with Gasteiger partial charge in [0.1, 0.15) is 0 Å². The van der Waals surface area contributed by atoms with Gasteiger partial charge in [0, 0.05) is 6.07 Å². The molecule has 0 saturated carbocycles. The first-order valence-corrected chi connectivity index (χ1v) is 7.44. The van der Waals surface area contributed by atoms with Crippen LogP contribution >= 0.6 is 11.8 Å². The van der Waals surface area contributed by atoms with E-state index in [1.165, 1.54) is 6.07 Å². The average Bonchev–Trinajstić information content (AvgIpc) is 2.53. The zero-order valence-electron chi connectivity index (χ0n) is 12.0. The van der Waals surface area contributed by atoms with Crippen LogP contribution in [0.1, 0.15) is 11.3 Å². The minimum atomic E-state index is -0.220. The van der Waals surface area contributed by atoms with E-state index in [0.717, 1.165) is 16.2 Å². The molecule has 0 amide bonds. The third-order valence-corrected chi connectivity index (χ3v) is 3.58. The molecule has 2 aromatic rings. The van der Waals surface area contributed by atoms with Gasteiger partial charge in [-0.25, -0.2) is 5.10 Å². The monoisotopic (exact) mass is 304 g/mol. The fourth-order valence-corrected chi connectivity index (χ4v) is 2.45. The molecule has 0 saturated heterocycles. The summed E-state index contributed by atoms with van der Waals surface area (Å²) < 4.78 is 10.7. The van der Waals surface area contributed by atoms with E-state index in [4.69, 9.17) is 9.47 Å². The molecule has 0 spiro atoms. The summed E-state index contributed by atoms with van der Waals surface area (Å²) in [7, 11) is 3.23. The lowest BCUT2D eigenvalue weighted by molar-refractivity contribution is 0.348. The van der Waals surface area contributed by atoms with Crippen LogP contribution < -0.4 is 15.0 Å². The predicted octanol–water partition coefficient (Wildman–Crippen LogP) is 2.68. The summed E-state index contributed by atoms with van der Waals surface area (Å²) in [6.45, 7) is 0. The Hall–Kier alpha value is -2.21. The molecule has 0 unspecified atom stereocenters. The van der Waals surface area contributed by atoms with E-state index in [-0.39, 0.29) is 5.56 Å². The van der Waals surface area contributed by atoms with E-state index in [0.29, 0.717) is 11.4 Å². The summed E-state index contributed by atoms with van der Waals surface area (Å²) in [5, 5.41) is 6.32. The van der Waals surface area contributed by atoms with Crippen LogP contribution in [0, 0.1) is 0 Å². The second kappa shape index (κ2) is 6.99. The Morgan fingerprint density at radius 3 is 2.57 bits per heavy atom. The topological polar surface area (TPSA) is 64.2 Å². The van der Waals surface area contributed by atoms with Gasteiger partial charge in [0.25, 0.3) is 5.56 Å². The van der Waals surface area contributed by atoms with Crippen LogP contribution in [0.15, 0.2) is 34.0 Å². The Kier molecular flexibility index (Phi) is 5.05. The van der Waals surface area contributed by atoms with Crippen molar-refractivity contribution in [1.82, 2.24) is 10.2 Å². The first-order chi connectivity index (χ1) is 10.2. The Bertz CT molecular complexity index is 665. The third kappa shape index (κ3) is 3.66.